The van der Waals surface area contributed by atoms with Gasteiger partial charge in [0.25, 0.3) is 0 Å². The molecule has 0 fully saturated rings. The molecule has 0 amide bonds. The van der Waals surface area contributed by atoms with Crippen LogP contribution in [-0.2, 0) is 11.3 Å². The first-order valence-corrected chi connectivity index (χ1v) is 3.65. The fourth-order valence-corrected chi connectivity index (χ4v) is 1.53. The Morgan fingerprint density at radius 1 is 1.67 bits per heavy atom. The lowest BCUT2D eigenvalue weighted by Gasteiger charge is -1.98. The monoisotopic (exact) mass is 140 g/mol. The SMILES string of the molecule is C1=C[n+]2cscc2CO1. The summed E-state index contributed by atoms with van der Waals surface area (Å²) >= 11 is 1.69. The van der Waals surface area contributed by atoms with Gasteiger partial charge in [0.2, 0.25) is 17.4 Å². The standard InChI is InChI=1S/C6H6NOS/c1-2-8-3-6-4-9-5-7(1)6/h1-2,4-5H,3H2/q+1. The van der Waals surface area contributed by atoms with Crippen LogP contribution in [0.5, 0.6) is 0 Å². The minimum absolute atomic E-state index is 0.708. The lowest BCUT2D eigenvalue weighted by Crippen LogP contribution is -2.30. The van der Waals surface area contributed by atoms with Crippen LogP contribution in [0.4, 0.5) is 0 Å². The number of nitrogens with zero attached hydrogens (tertiary/aromatic N) is 1. The zero-order valence-electron chi connectivity index (χ0n) is 4.78. The van der Waals surface area contributed by atoms with E-state index < -0.39 is 0 Å². The first-order valence-electron chi connectivity index (χ1n) is 2.71. The summed E-state index contributed by atoms with van der Waals surface area (Å²) in [5.74, 6) is 0. The second-order valence-electron chi connectivity index (χ2n) is 1.85. The van der Waals surface area contributed by atoms with Gasteiger partial charge in [-0.1, -0.05) is 11.3 Å². The zero-order valence-corrected chi connectivity index (χ0v) is 5.60. The Labute approximate surface area is 57.0 Å². The highest BCUT2D eigenvalue weighted by Gasteiger charge is 2.12. The highest BCUT2D eigenvalue weighted by atomic mass is 32.1. The number of ether oxygens (including phenoxy) is 1. The fraction of sp³-hybridized carbons (Fsp3) is 0.167. The van der Waals surface area contributed by atoms with E-state index in [1.54, 1.807) is 17.6 Å². The smallest absolute Gasteiger partial charge is 0.235 e. The van der Waals surface area contributed by atoms with Gasteiger partial charge in [0, 0.05) is 0 Å². The normalized spacial score (nSPS) is 14.7. The quantitative estimate of drug-likeness (QED) is 0.490. The first-order chi connectivity index (χ1) is 4.47. The van der Waals surface area contributed by atoms with Crippen molar-refractivity contribution in [2.24, 2.45) is 0 Å². The largest absolute Gasteiger partial charge is 0.484 e. The van der Waals surface area contributed by atoms with E-state index in [-0.39, 0.29) is 0 Å². The van der Waals surface area contributed by atoms with Gasteiger partial charge in [-0.2, -0.15) is 4.57 Å². The summed E-state index contributed by atoms with van der Waals surface area (Å²) < 4.78 is 7.12. The first kappa shape index (κ1) is 4.99. The third kappa shape index (κ3) is 0.733. The Kier molecular flexibility index (Phi) is 1.02. The van der Waals surface area contributed by atoms with E-state index in [0.717, 1.165) is 0 Å². The third-order valence-corrected chi connectivity index (χ3v) is 2.02. The summed E-state index contributed by atoms with van der Waals surface area (Å²) in [4.78, 5) is 0. The molecule has 0 radical (unpaired) electrons. The highest BCUT2D eigenvalue weighted by molar-refractivity contribution is 7.07. The molecule has 1 aromatic heterocycles. The van der Waals surface area contributed by atoms with Crippen LogP contribution >= 0.6 is 11.3 Å². The molecule has 1 aromatic rings. The van der Waals surface area contributed by atoms with E-state index >= 15 is 0 Å². The Morgan fingerprint density at radius 3 is 3.56 bits per heavy atom. The van der Waals surface area contributed by atoms with Gasteiger partial charge in [-0.25, -0.2) is 0 Å². The van der Waals surface area contributed by atoms with Gasteiger partial charge in [0.1, 0.15) is 6.26 Å². The van der Waals surface area contributed by atoms with E-state index in [9.17, 15) is 0 Å². The molecular formula is C6H6NOS+. The molecule has 0 spiro atoms. The number of aromatic nitrogens is 1. The third-order valence-electron chi connectivity index (χ3n) is 1.26. The number of hydrogen-bond acceptors (Lipinski definition) is 2. The second kappa shape index (κ2) is 1.84. The molecule has 9 heavy (non-hydrogen) atoms. The molecule has 2 rings (SSSR count). The molecule has 46 valence electrons. The van der Waals surface area contributed by atoms with Crippen LogP contribution in [0.2, 0.25) is 0 Å². The lowest BCUT2D eigenvalue weighted by molar-refractivity contribution is -0.579. The molecule has 1 aliphatic rings. The predicted octanol–water partition coefficient (Wildman–Crippen LogP) is 0.994. The summed E-state index contributed by atoms with van der Waals surface area (Å²) in [5.41, 5.74) is 3.27. The maximum absolute atomic E-state index is 5.06. The molecule has 2 nitrogen and oxygen atoms in total. The topological polar surface area (TPSA) is 13.1 Å². The average Bonchev–Trinajstić information content (AvgIpc) is 2.33. The average molecular weight is 140 g/mol. The molecule has 0 unspecified atom stereocenters. The molecule has 0 aliphatic carbocycles. The van der Waals surface area contributed by atoms with Gasteiger partial charge < -0.3 is 4.74 Å². The van der Waals surface area contributed by atoms with Crippen LogP contribution in [0.1, 0.15) is 5.69 Å². The van der Waals surface area contributed by atoms with Crippen LogP contribution in [0.15, 0.2) is 17.2 Å². The fourth-order valence-electron chi connectivity index (χ4n) is 0.785. The molecule has 2 heterocycles. The predicted molar refractivity (Wildman–Crippen MR) is 34.6 cm³/mol. The van der Waals surface area contributed by atoms with Crippen molar-refractivity contribution in [1.29, 1.82) is 0 Å². The second-order valence-corrected chi connectivity index (χ2v) is 2.57. The van der Waals surface area contributed by atoms with Crippen molar-refractivity contribution in [3.63, 3.8) is 0 Å². The number of fused-ring (bicyclic) bond motifs is 1. The van der Waals surface area contributed by atoms with Crippen molar-refractivity contribution in [2.75, 3.05) is 0 Å². The molecule has 1 aliphatic heterocycles. The molecular weight excluding hydrogens is 134 g/mol. The molecule has 0 bridgehead atoms. The van der Waals surface area contributed by atoms with Gasteiger partial charge in [-0.05, 0) is 0 Å². The summed E-state index contributed by atoms with van der Waals surface area (Å²) in [5, 5.41) is 2.09. The number of thiazole rings is 1. The van der Waals surface area contributed by atoms with Crippen LogP contribution in [-0.4, -0.2) is 0 Å². The van der Waals surface area contributed by atoms with Crippen molar-refractivity contribution in [3.8, 4) is 0 Å². The van der Waals surface area contributed by atoms with Crippen molar-refractivity contribution >= 4 is 17.5 Å². The summed E-state index contributed by atoms with van der Waals surface area (Å²) in [7, 11) is 0. The Balaban J connectivity index is 2.53. The molecule has 0 saturated heterocycles. The molecule has 0 N–H and O–H groups in total. The van der Waals surface area contributed by atoms with E-state index in [0.29, 0.717) is 6.61 Å². The molecule has 0 saturated carbocycles. The van der Waals surface area contributed by atoms with Crippen LogP contribution < -0.4 is 4.57 Å². The maximum atomic E-state index is 5.06. The van der Waals surface area contributed by atoms with Gasteiger partial charge in [-0.3, -0.25) is 0 Å². The van der Waals surface area contributed by atoms with Crippen LogP contribution in [0.25, 0.3) is 6.20 Å². The van der Waals surface area contributed by atoms with E-state index in [1.807, 2.05) is 11.7 Å². The Morgan fingerprint density at radius 2 is 2.67 bits per heavy atom. The highest BCUT2D eigenvalue weighted by Crippen LogP contribution is 2.04. The van der Waals surface area contributed by atoms with Crippen LogP contribution in [0, 0.1) is 0 Å². The summed E-state index contributed by atoms with van der Waals surface area (Å²) in [6.45, 7) is 0.708. The minimum atomic E-state index is 0.708. The molecule has 0 atom stereocenters. The number of hydrogen-bond donors (Lipinski definition) is 0. The molecule has 3 heteroatoms. The number of rotatable bonds is 0. The summed E-state index contributed by atoms with van der Waals surface area (Å²) in [6, 6.07) is 0. The van der Waals surface area contributed by atoms with Crippen molar-refractivity contribution in [1.82, 2.24) is 0 Å². The van der Waals surface area contributed by atoms with E-state index in [2.05, 4.69) is 9.95 Å². The van der Waals surface area contributed by atoms with Gasteiger partial charge in [0.15, 0.2) is 6.61 Å². The van der Waals surface area contributed by atoms with Gasteiger partial charge in [0.05, 0.1) is 5.38 Å². The van der Waals surface area contributed by atoms with Gasteiger partial charge in [-0.15, -0.1) is 0 Å². The van der Waals surface area contributed by atoms with E-state index in [1.165, 1.54) is 5.69 Å². The van der Waals surface area contributed by atoms with Crippen molar-refractivity contribution < 1.29 is 9.30 Å². The van der Waals surface area contributed by atoms with Crippen molar-refractivity contribution in [2.45, 2.75) is 6.61 Å². The lowest BCUT2D eigenvalue weighted by atomic mass is 10.5. The Bertz CT molecular complexity index is 241. The minimum Gasteiger partial charge on any atom is -0.484 e. The summed E-state index contributed by atoms with van der Waals surface area (Å²) in [6.07, 6.45) is 3.62. The van der Waals surface area contributed by atoms with E-state index in [4.69, 9.17) is 4.74 Å². The zero-order chi connectivity index (χ0) is 6.10. The van der Waals surface area contributed by atoms with Crippen LogP contribution in [0.3, 0.4) is 0 Å². The Hall–Kier alpha value is -0.830. The van der Waals surface area contributed by atoms with Gasteiger partial charge >= 0.3 is 0 Å². The maximum Gasteiger partial charge on any atom is 0.235 e. The van der Waals surface area contributed by atoms with Crippen molar-refractivity contribution in [3.05, 3.63) is 22.8 Å². The molecule has 0 aromatic carbocycles.